The van der Waals surface area contributed by atoms with E-state index < -0.39 is 0 Å². The second kappa shape index (κ2) is 4.52. The van der Waals surface area contributed by atoms with Gasteiger partial charge in [0.25, 0.3) is 0 Å². The van der Waals surface area contributed by atoms with E-state index in [-0.39, 0.29) is 0 Å². The third kappa shape index (κ3) is 2.08. The van der Waals surface area contributed by atoms with Crippen LogP contribution in [-0.4, -0.2) is 16.8 Å². The van der Waals surface area contributed by atoms with Crippen LogP contribution in [0.2, 0.25) is 0 Å². The van der Waals surface area contributed by atoms with Gasteiger partial charge in [0, 0.05) is 19.0 Å². The summed E-state index contributed by atoms with van der Waals surface area (Å²) >= 11 is 0. The average molecular weight is 229 g/mol. The first kappa shape index (κ1) is 10.8. The smallest absolute Gasteiger partial charge is 0.223 e. The molecular weight excluding hydrogens is 210 g/mol. The van der Waals surface area contributed by atoms with E-state index in [1.54, 1.807) is 0 Å². The molecule has 1 aromatic rings. The Balaban J connectivity index is 1.76. The highest BCUT2D eigenvalue weighted by molar-refractivity contribution is 5.79. The summed E-state index contributed by atoms with van der Waals surface area (Å²) in [5.74, 6) is 1.01. The van der Waals surface area contributed by atoms with Crippen molar-refractivity contribution in [3.05, 3.63) is 35.9 Å². The zero-order valence-electron chi connectivity index (χ0n) is 10.1. The lowest BCUT2D eigenvalue weighted by Gasteiger charge is -2.31. The van der Waals surface area contributed by atoms with Gasteiger partial charge in [-0.3, -0.25) is 4.79 Å². The zero-order valence-corrected chi connectivity index (χ0v) is 10.1. The van der Waals surface area contributed by atoms with E-state index in [0.717, 1.165) is 13.0 Å². The quantitative estimate of drug-likeness (QED) is 0.763. The number of nitrogens with zero attached hydrogens (tertiary/aromatic N) is 1. The molecule has 1 saturated carbocycles. The molecule has 1 aliphatic heterocycles. The second-order valence-corrected chi connectivity index (χ2v) is 5.32. The molecule has 17 heavy (non-hydrogen) atoms. The molecule has 1 amide bonds. The molecule has 0 aromatic heterocycles. The van der Waals surface area contributed by atoms with Crippen molar-refractivity contribution < 1.29 is 4.79 Å². The van der Waals surface area contributed by atoms with Crippen molar-refractivity contribution >= 4 is 5.91 Å². The lowest BCUT2D eigenvalue weighted by Crippen LogP contribution is -2.36. The van der Waals surface area contributed by atoms with Crippen LogP contribution >= 0.6 is 0 Å². The maximum atomic E-state index is 12.1. The second-order valence-electron chi connectivity index (χ2n) is 5.32. The van der Waals surface area contributed by atoms with Crippen LogP contribution in [0.15, 0.2) is 30.3 Å². The average Bonchev–Trinajstić information content (AvgIpc) is 2.68. The van der Waals surface area contributed by atoms with Gasteiger partial charge in [0.1, 0.15) is 0 Å². The van der Waals surface area contributed by atoms with Crippen molar-refractivity contribution in [1.29, 1.82) is 0 Å². The molecular formula is C15H19NO. The summed E-state index contributed by atoms with van der Waals surface area (Å²) in [5, 5.41) is 0. The van der Waals surface area contributed by atoms with Gasteiger partial charge in [-0.05, 0) is 24.3 Å². The van der Waals surface area contributed by atoms with Crippen molar-refractivity contribution in [3.63, 3.8) is 0 Å². The minimum Gasteiger partial charge on any atom is -0.335 e. The van der Waals surface area contributed by atoms with Crippen molar-refractivity contribution in [2.24, 2.45) is 5.92 Å². The Morgan fingerprint density at radius 2 is 1.88 bits per heavy atom. The van der Waals surface area contributed by atoms with Crippen LogP contribution in [0.1, 0.15) is 37.7 Å². The fraction of sp³-hybridized carbons (Fsp3) is 0.533. The summed E-state index contributed by atoms with van der Waals surface area (Å²) in [6, 6.07) is 10.9. The van der Waals surface area contributed by atoms with Crippen LogP contribution in [0, 0.1) is 5.92 Å². The molecule has 1 aromatic carbocycles. The number of hydrogen-bond acceptors (Lipinski definition) is 1. The minimum atomic E-state index is 0.366. The number of hydrogen-bond donors (Lipinski definition) is 0. The van der Waals surface area contributed by atoms with Gasteiger partial charge in [-0.25, -0.2) is 0 Å². The third-order valence-electron chi connectivity index (χ3n) is 4.22. The van der Waals surface area contributed by atoms with Gasteiger partial charge in [-0.15, -0.1) is 0 Å². The first-order valence-corrected chi connectivity index (χ1v) is 6.68. The summed E-state index contributed by atoms with van der Waals surface area (Å²) in [6.45, 7) is 0.806. The van der Waals surface area contributed by atoms with Gasteiger partial charge in [-0.1, -0.05) is 43.2 Å². The summed E-state index contributed by atoms with van der Waals surface area (Å²) in [7, 11) is 0. The first-order chi connectivity index (χ1) is 8.34. The molecule has 2 fully saturated rings. The lowest BCUT2D eigenvalue weighted by atomic mass is 9.85. The van der Waals surface area contributed by atoms with Crippen LogP contribution in [0.3, 0.4) is 0 Å². The lowest BCUT2D eigenvalue weighted by molar-refractivity contribution is -0.129. The van der Waals surface area contributed by atoms with Gasteiger partial charge < -0.3 is 4.90 Å². The maximum Gasteiger partial charge on any atom is 0.223 e. The Labute approximate surface area is 103 Å². The Kier molecular flexibility index (Phi) is 2.87. The van der Waals surface area contributed by atoms with Crippen molar-refractivity contribution in [3.8, 4) is 0 Å². The van der Waals surface area contributed by atoms with Gasteiger partial charge in [0.15, 0.2) is 0 Å². The van der Waals surface area contributed by atoms with Crippen LogP contribution in [-0.2, 0) is 11.3 Å². The number of carbonyl (C=O) groups is 1. The normalized spacial score (nSPS) is 28.2. The highest BCUT2D eigenvalue weighted by atomic mass is 16.2. The standard InChI is InChI=1S/C15H19NO/c17-15-10-13-8-4-5-9-14(13)16(15)11-12-6-2-1-3-7-12/h1-3,6-7,13-14H,4-5,8-11H2/t13-,14-/m0/s1. The van der Waals surface area contributed by atoms with Crippen molar-refractivity contribution in [2.45, 2.75) is 44.7 Å². The third-order valence-corrected chi connectivity index (χ3v) is 4.22. The monoisotopic (exact) mass is 229 g/mol. The molecule has 90 valence electrons. The number of rotatable bonds is 2. The molecule has 1 aliphatic carbocycles. The van der Waals surface area contributed by atoms with Crippen molar-refractivity contribution in [1.82, 2.24) is 4.90 Å². The number of likely N-dealkylation sites (tertiary alicyclic amines) is 1. The van der Waals surface area contributed by atoms with Gasteiger partial charge in [-0.2, -0.15) is 0 Å². The van der Waals surface area contributed by atoms with Gasteiger partial charge in [0.2, 0.25) is 5.91 Å². The molecule has 1 saturated heterocycles. The molecule has 3 rings (SSSR count). The van der Waals surface area contributed by atoms with Gasteiger partial charge in [0.05, 0.1) is 0 Å². The minimum absolute atomic E-state index is 0.366. The van der Waals surface area contributed by atoms with Crippen LogP contribution in [0.5, 0.6) is 0 Å². The number of carbonyl (C=O) groups excluding carboxylic acids is 1. The Morgan fingerprint density at radius 3 is 2.71 bits per heavy atom. The molecule has 2 aliphatic rings. The van der Waals surface area contributed by atoms with Crippen LogP contribution in [0.4, 0.5) is 0 Å². The highest BCUT2D eigenvalue weighted by Gasteiger charge is 2.40. The SMILES string of the molecule is O=C1C[C@@H]2CCCC[C@@H]2N1Cc1ccccc1. The van der Waals surface area contributed by atoms with Crippen molar-refractivity contribution in [2.75, 3.05) is 0 Å². The maximum absolute atomic E-state index is 12.1. The topological polar surface area (TPSA) is 20.3 Å². The van der Waals surface area contributed by atoms with E-state index in [1.165, 1.54) is 31.2 Å². The Morgan fingerprint density at radius 1 is 1.12 bits per heavy atom. The zero-order chi connectivity index (χ0) is 11.7. The predicted octanol–water partition coefficient (Wildman–Crippen LogP) is 2.98. The largest absolute Gasteiger partial charge is 0.335 e. The Bertz CT molecular complexity index is 401. The first-order valence-electron chi connectivity index (χ1n) is 6.68. The number of amides is 1. The fourth-order valence-electron chi connectivity index (χ4n) is 3.35. The van der Waals surface area contributed by atoms with E-state index in [2.05, 4.69) is 17.0 Å². The molecule has 0 bridgehead atoms. The van der Waals surface area contributed by atoms with E-state index in [9.17, 15) is 4.79 Å². The number of fused-ring (bicyclic) bond motifs is 1. The molecule has 0 unspecified atom stereocenters. The van der Waals surface area contributed by atoms with Gasteiger partial charge >= 0.3 is 0 Å². The number of benzene rings is 1. The molecule has 2 heteroatoms. The molecule has 2 nitrogen and oxygen atoms in total. The summed E-state index contributed by atoms with van der Waals surface area (Å²) in [4.78, 5) is 14.2. The summed E-state index contributed by atoms with van der Waals surface area (Å²) < 4.78 is 0. The van der Waals surface area contributed by atoms with E-state index in [1.807, 2.05) is 18.2 Å². The van der Waals surface area contributed by atoms with Crippen LogP contribution < -0.4 is 0 Å². The summed E-state index contributed by atoms with van der Waals surface area (Å²) in [6.07, 6.45) is 5.86. The predicted molar refractivity (Wildman–Crippen MR) is 67.4 cm³/mol. The molecule has 0 spiro atoms. The van der Waals surface area contributed by atoms with Crippen LogP contribution in [0.25, 0.3) is 0 Å². The summed E-state index contributed by atoms with van der Waals surface area (Å²) in [5.41, 5.74) is 1.26. The molecule has 0 radical (unpaired) electrons. The molecule has 2 atom stereocenters. The highest BCUT2D eigenvalue weighted by Crippen LogP contribution is 2.37. The molecule has 1 heterocycles. The molecule has 0 N–H and O–H groups in total. The van der Waals surface area contributed by atoms with E-state index in [0.29, 0.717) is 17.9 Å². The van der Waals surface area contributed by atoms with E-state index in [4.69, 9.17) is 0 Å². The van der Waals surface area contributed by atoms with E-state index >= 15 is 0 Å². The fourth-order valence-corrected chi connectivity index (χ4v) is 3.35. The Hall–Kier alpha value is -1.31.